The van der Waals surface area contributed by atoms with Crippen molar-refractivity contribution in [3.8, 4) is 11.4 Å². The van der Waals surface area contributed by atoms with E-state index in [4.69, 9.17) is 4.52 Å². The molecule has 0 saturated heterocycles. The Morgan fingerprint density at radius 3 is 2.67 bits per heavy atom. The van der Waals surface area contributed by atoms with E-state index in [9.17, 15) is 14.7 Å². The van der Waals surface area contributed by atoms with Crippen LogP contribution < -0.4 is 5.32 Å². The second-order valence-electron chi connectivity index (χ2n) is 5.83. The van der Waals surface area contributed by atoms with E-state index in [1.165, 1.54) is 0 Å². The lowest BCUT2D eigenvalue weighted by molar-refractivity contribution is -0.149. The SMILES string of the molecule is O=C(O)C(C(=O)NCc1nc(-c2ccncc2)no1)C1CCCC1. The van der Waals surface area contributed by atoms with Crippen molar-refractivity contribution >= 4 is 11.9 Å². The van der Waals surface area contributed by atoms with Crippen LogP contribution in [0.4, 0.5) is 0 Å². The molecule has 1 fully saturated rings. The highest BCUT2D eigenvalue weighted by atomic mass is 16.5. The minimum atomic E-state index is -1.08. The predicted octanol–water partition coefficient (Wildman–Crippen LogP) is 1.64. The minimum absolute atomic E-state index is 0.00736. The Morgan fingerprint density at radius 2 is 2.00 bits per heavy atom. The molecule has 1 aliphatic rings. The predicted molar refractivity (Wildman–Crippen MR) is 82.5 cm³/mol. The molecular weight excluding hydrogens is 312 g/mol. The molecule has 1 amide bonds. The van der Waals surface area contributed by atoms with Crippen LogP contribution in [-0.4, -0.2) is 32.1 Å². The van der Waals surface area contributed by atoms with Crippen LogP contribution in [0.15, 0.2) is 29.0 Å². The van der Waals surface area contributed by atoms with Gasteiger partial charge in [0, 0.05) is 18.0 Å². The monoisotopic (exact) mass is 330 g/mol. The molecule has 1 aliphatic carbocycles. The van der Waals surface area contributed by atoms with Gasteiger partial charge in [0.05, 0.1) is 6.54 Å². The molecule has 2 heterocycles. The van der Waals surface area contributed by atoms with Gasteiger partial charge in [0.15, 0.2) is 0 Å². The van der Waals surface area contributed by atoms with Gasteiger partial charge in [-0.2, -0.15) is 4.98 Å². The van der Waals surface area contributed by atoms with Crippen molar-refractivity contribution < 1.29 is 19.2 Å². The number of carboxylic acid groups (broad SMARTS) is 1. The van der Waals surface area contributed by atoms with Gasteiger partial charge in [-0.15, -0.1) is 0 Å². The average molecular weight is 330 g/mol. The van der Waals surface area contributed by atoms with Crippen molar-refractivity contribution in [1.29, 1.82) is 0 Å². The molecule has 2 aromatic rings. The van der Waals surface area contributed by atoms with Crippen LogP contribution in [0.25, 0.3) is 11.4 Å². The number of nitrogens with zero attached hydrogens (tertiary/aromatic N) is 3. The number of rotatable bonds is 6. The molecule has 2 aromatic heterocycles. The number of hydrogen-bond acceptors (Lipinski definition) is 6. The number of hydrogen-bond donors (Lipinski definition) is 2. The molecule has 1 atom stereocenters. The first-order chi connectivity index (χ1) is 11.6. The lowest BCUT2D eigenvalue weighted by Gasteiger charge is -2.17. The Hall–Kier alpha value is -2.77. The zero-order valence-electron chi connectivity index (χ0n) is 13.0. The van der Waals surface area contributed by atoms with Crippen molar-refractivity contribution in [2.24, 2.45) is 11.8 Å². The maximum atomic E-state index is 12.2. The molecule has 8 heteroatoms. The molecule has 126 valence electrons. The number of aromatic nitrogens is 3. The molecule has 2 N–H and O–H groups in total. The third-order valence-electron chi connectivity index (χ3n) is 4.24. The lowest BCUT2D eigenvalue weighted by atomic mass is 9.90. The lowest BCUT2D eigenvalue weighted by Crippen LogP contribution is -2.39. The van der Waals surface area contributed by atoms with Crippen LogP contribution in [0, 0.1) is 11.8 Å². The van der Waals surface area contributed by atoms with Gasteiger partial charge in [0.2, 0.25) is 17.6 Å². The third-order valence-corrected chi connectivity index (χ3v) is 4.24. The highest BCUT2D eigenvalue weighted by Crippen LogP contribution is 2.31. The molecule has 0 radical (unpaired) electrons. The summed E-state index contributed by atoms with van der Waals surface area (Å²) in [5.74, 6) is -2.08. The van der Waals surface area contributed by atoms with E-state index >= 15 is 0 Å². The van der Waals surface area contributed by atoms with Gasteiger partial charge in [0.25, 0.3) is 0 Å². The topological polar surface area (TPSA) is 118 Å². The van der Waals surface area contributed by atoms with Crippen LogP contribution >= 0.6 is 0 Å². The van der Waals surface area contributed by atoms with Crippen molar-refractivity contribution in [3.63, 3.8) is 0 Å². The van der Waals surface area contributed by atoms with E-state index < -0.39 is 17.8 Å². The fourth-order valence-corrected chi connectivity index (χ4v) is 3.04. The maximum absolute atomic E-state index is 12.2. The van der Waals surface area contributed by atoms with Crippen LogP contribution in [-0.2, 0) is 16.1 Å². The normalized spacial score (nSPS) is 16.0. The summed E-state index contributed by atoms with van der Waals surface area (Å²) >= 11 is 0. The van der Waals surface area contributed by atoms with Gasteiger partial charge >= 0.3 is 5.97 Å². The summed E-state index contributed by atoms with van der Waals surface area (Å²) in [5, 5.41) is 15.8. The first-order valence-corrected chi connectivity index (χ1v) is 7.88. The van der Waals surface area contributed by atoms with Crippen LogP contribution in [0.3, 0.4) is 0 Å². The van der Waals surface area contributed by atoms with Crippen molar-refractivity contribution in [1.82, 2.24) is 20.4 Å². The molecule has 8 nitrogen and oxygen atoms in total. The van der Waals surface area contributed by atoms with Gasteiger partial charge in [-0.05, 0) is 30.9 Å². The minimum Gasteiger partial charge on any atom is -0.481 e. The molecule has 0 bridgehead atoms. The summed E-state index contributed by atoms with van der Waals surface area (Å²) < 4.78 is 5.09. The van der Waals surface area contributed by atoms with E-state index in [-0.39, 0.29) is 18.4 Å². The van der Waals surface area contributed by atoms with Gasteiger partial charge in [-0.1, -0.05) is 18.0 Å². The molecule has 0 spiro atoms. The summed E-state index contributed by atoms with van der Waals surface area (Å²) in [6.07, 6.45) is 6.73. The number of amides is 1. The second kappa shape index (κ2) is 7.20. The standard InChI is InChI=1S/C16H18N4O4/c21-15(13(16(22)23)10-3-1-2-4-10)18-9-12-19-14(20-24-12)11-5-7-17-8-6-11/h5-8,10,13H,1-4,9H2,(H,18,21)(H,22,23). The highest BCUT2D eigenvalue weighted by Gasteiger charge is 2.36. The van der Waals surface area contributed by atoms with E-state index in [0.717, 1.165) is 31.2 Å². The van der Waals surface area contributed by atoms with E-state index in [1.54, 1.807) is 24.5 Å². The maximum Gasteiger partial charge on any atom is 0.316 e. The number of aliphatic carboxylic acids is 1. The molecule has 1 saturated carbocycles. The van der Waals surface area contributed by atoms with Gasteiger partial charge < -0.3 is 14.9 Å². The first-order valence-electron chi connectivity index (χ1n) is 7.88. The summed E-state index contributed by atoms with van der Waals surface area (Å²) in [5.41, 5.74) is 0.751. The molecule has 0 aromatic carbocycles. The number of carboxylic acids is 1. The van der Waals surface area contributed by atoms with Crippen LogP contribution in [0.2, 0.25) is 0 Å². The van der Waals surface area contributed by atoms with E-state index in [1.807, 2.05) is 0 Å². The Balaban J connectivity index is 1.61. The van der Waals surface area contributed by atoms with Gasteiger partial charge in [0.1, 0.15) is 5.92 Å². The molecule has 0 aliphatic heterocycles. The zero-order valence-corrected chi connectivity index (χ0v) is 13.0. The van der Waals surface area contributed by atoms with E-state index in [0.29, 0.717) is 5.82 Å². The summed E-state index contributed by atoms with van der Waals surface area (Å²) in [6, 6.07) is 3.49. The zero-order chi connectivity index (χ0) is 16.9. The van der Waals surface area contributed by atoms with Crippen molar-refractivity contribution in [3.05, 3.63) is 30.4 Å². The van der Waals surface area contributed by atoms with Gasteiger partial charge in [-0.3, -0.25) is 14.6 Å². The number of carbonyl (C=O) groups excluding carboxylic acids is 1. The molecule has 3 rings (SSSR count). The molecular formula is C16H18N4O4. The third kappa shape index (κ3) is 3.58. The Morgan fingerprint density at radius 1 is 1.29 bits per heavy atom. The Bertz CT molecular complexity index is 710. The smallest absolute Gasteiger partial charge is 0.316 e. The quantitative estimate of drug-likeness (QED) is 0.773. The average Bonchev–Trinajstić information content (AvgIpc) is 3.25. The fourth-order valence-electron chi connectivity index (χ4n) is 3.04. The van der Waals surface area contributed by atoms with Gasteiger partial charge in [-0.25, -0.2) is 0 Å². The first kappa shape index (κ1) is 16.1. The largest absolute Gasteiger partial charge is 0.481 e. The summed E-state index contributed by atoms with van der Waals surface area (Å²) in [6.45, 7) is 0.00736. The summed E-state index contributed by atoms with van der Waals surface area (Å²) in [4.78, 5) is 31.7. The number of pyridine rings is 1. The molecule has 24 heavy (non-hydrogen) atoms. The summed E-state index contributed by atoms with van der Waals surface area (Å²) in [7, 11) is 0. The van der Waals surface area contributed by atoms with Crippen molar-refractivity contribution in [2.75, 3.05) is 0 Å². The number of carbonyl (C=O) groups is 2. The Kier molecular flexibility index (Phi) is 4.83. The van der Waals surface area contributed by atoms with Crippen LogP contribution in [0.5, 0.6) is 0 Å². The van der Waals surface area contributed by atoms with E-state index in [2.05, 4.69) is 20.4 Å². The molecule has 1 unspecified atom stereocenters. The highest BCUT2D eigenvalue weighted by molar-refractivity contribution is 5.97. The second-order valence-corrected chi connectivity index (χ2v) is 5.83. The fraction of sp³-hybridized carbons (Fsp3) is 0.438. The van der Waals surface area contributed by atoms with Crippen molar-refractivity contribution in [2.45, 2.75) is 32.2 Å². The number of nitrogens with one attached hydrogen (secondary N) is 1. The van der Waals surface area contributed by atoms with Crippen LogP contribution in [0.1, 0.15) is 31.6 Å². The Labute approximate surface area is 138 Å².